The van der Waals surface area contributed by atoms with E-state index in [9.17, 15) is 27.6 Å². The summed E-state index contributed by atoms with van der Waals surface area (Å²) in [6.45, 7) is 1.93. The van der Waals surface area contributed by atoms with Crippen molar-refractivity contribution in [1.82, 2.24) is 14.9 Å². The predicted molar refractivity (Wildman–Crippen MR) is 118 cm³/mol. The van der Waals surface area contributed by atoms with Crippen LogP contribution in [0.25, 0.3) is 11.0 Å². The number of hydrogen-bond acceptors (Lipinski definition) is 4. The number of carbonyl (C=O) groups is 2. The van der Waals surface area contributed by atoms with Crippen LogP contribution in [0.1, 0.15) is 31.0 Å². The fourth-order valence-electron chi connectivity index (χ4n) is 3.32. The Labute approximate surface area is 187 Å². The summed E-state index contributed by atoms with van der Waals surface area (Å²) < 4.78 is 40.9. The Hall–Kier alpha value is -3.69. The molecule has 0 aliphatic carbocycles. The standard InChI is InChI=1S/C23H23F3N4O3/c1-2-13-27-20(31)12-11-18-22(33)30(19-10-6-5-9-17(19)28-18)14-21(32)29-16-8-4-3-7-15(16)23(24,25)26/h3-10H,2,11-14H2,1H3,(H,27,31)(H,29,32). The molecule has 0 radical (unpaired) electrons. The number of anilines is 1. The van der Waals surface area contributed by atoms with Gasteiger partial charge in [-0.15, -0.1) is 0 Å². The van der Waals surface area contributed by atoms with Crippen LogP contribution in [0, 0.1) is 0 Å². The largest absolute Gasteiger partial charge is 0.418 e. The number of nitrogens with zero attached hydrogens (tertiary/aromatic N) is 2. The summed E-state index contributed by atoms with van der Waals surface area (Å²) in [7, 11) is 0. The van der Waals surface area contributed by atoms with Crippen molar-refractivity contribution in [3.05, 3.63) is 70.1 Å². The number of para-hydroxylation sites is 3. The lowest BCUT2D eigenvalue weighted by atomic mass is 10.1. The number of carbonyl (C=O) groups excluding carboxylic acids is 2. The number of fused-ring (bicyclic) bond motifs is 1. The van der Waals surface area contributed by atoms with E-state index in [0.29, 0.717) is 17.6 Å². The zero-order valence-corrected chi connectivity index (χ0v) is 17.9. The van der Waals surface area contributed by atoms with E-state index in [4.69, 9.17) is 0 Å². The number of amides is 2. The third-order valence-electron chi connectivity index (χ3n) is 4.89. The van der Waals surface area contributed by atoms with Gasteiger partial charge in [-0.1, -0.05) is 31.2 Å². The maximum absolute atomic E-state index is 13.2. The Morgan fingerprint density at radius 3 is 2.45 bits per heavy atom. The molecule has 0 fully saturated rings. The quantitative estimate of drug-likeness (QED) is 0.538. The number of nitrogens with one attached hydrogen (secondary N) is 2. The first-order chi connectivity index (χ1) is 15.7. The number of rotatable bonds is 8. The number of halogens is 3. The Bertz CT molecular complexity index is 1220. The molecule has 3 aromatic rings. The molecular weight excluding hydrogens is 437 g/mol. The van der Waals surface area contributed by atoms with Gasteiger partial charge >= 0.3 is 6.18 Å². The molecule has 0 saturated carbocycles. The minimum atomic E-state index is -4.64. The molecule has 2 amide bonds. The SMILES string of the molecule is CCCNC(=O)CCc1nc2ccccc2n(CC(=O)Nc2ccccc2C(F)(F)F)c1=O. The van der Waals surface area contributed by atoms with Crippen molar-refractivity contribution in [2.75, 3.05) is 11.9 Å². The van der Waals surface area contributed by atoms with E-state index in [0.717, 1.165) is 23.1 Å². The molecule has 2 N–H and O–H groups in total. The highest BCUT2D eigenvalue weighted by molar-refractivity contribution is 5.92. The highest BCUT2D eigenvalue weighted by atomic mass is 19.4. The van der Waals surface area contributed by atoms with E-state index in [1.807, 2.05) is 6.92 Å². The van der Waals surface area contributed by atoms with Crippen LogP contribution in [-0.4, -0.2) is 27.9 Å². The van der Waals surface area contributed by atoms with Gasteiger partial charge in [-0.25, -0.2) is 4.98 Å². The number of benzene rings is 2. The second-order valence-corrected chi connectivity index (χ2v) is 7.38. The van der Waals surface area contributed by atoms with E-state index < -0.39 is 35.4 Å². The number of hydrogen-bond donors (Lipinski definition) is 2. The van der Waals surface area contributed by atoms with E-state index >= 15 is 0 Å². The summed E-state index contributed by atoms with van der Waals surface area (Å²) in [5.41, 5.74) is -1.05. The van der Waals surface area contributed by atoms with Crippen LogP contribution in [0.4, 0.5) is 18.9 Å². The monoisotopic (exact) mass is 460 g/mol. The number of aryl methyl sites for hydroxylation is 1. The zero-order valence-electron chi connectivity index (χ0n) is 17.9. The summed E-state index contributed by atoms with van der Waals surface area (Å²) in [5.74, 6) is -1.02. The van der Waals surface area contributed by atoms with Gasteiger partial charge in [0.15, 0.2) is 0 Å². The molecule has 10 heteroatoms. The first kappa shape index (κ1) is 24.0. The van der Waals surface area contributed by atoms with E-state index in [-0.39, 0.29) is 24.4 Å². The number of alkyl halides is 3. The van der Waals surface area contributed by atoms with Crippen molar-refractivity contribution in [1.29, 1.82) is 0 Å². The van der Waals surface area contributed by atoms with Gasteiger partial charge in [0.25, 0.3) is 5.56 Å². The van der Waals surface area contributed by atoms with Crippen LogP contribution in [0.5, 0.6) is 0 Å². The minimum Gasteiger partial charge on any atom is -0.356 e. The molecule has 0 saturated heterocycles. The molecule has 0 atom stereocenters. The van der Waals surface area contributed by atoms with Crippen LogP contribution in [-0.2, 0) is 28.7 Å². The second-order valence-electron chi connectivity index (χ2n) is 7.38. The average Bonchev–Trinajstić information content (AvgIpc) is 2.78. The lowest BCUT2D eigenvalue weighted by molar-refractivity contribution is -0.137. The van der Waals surface area contributed by atoms with Crippen LogP contribution >= 0.6 is 0 Å². The topological polar surface area (TPSA) is 93.1 Å². The van der Waals surface area contributed by atoms with Crippen molar-refractivity contribution >= 4 is 28.5 Å². The molecule has 7 nitrogen and oxygen atoms in total. The molecule has 0 aliphatic heterocycles. The Kier molecular flexibility index (Phi) is 7.47. The average molecular weight is 460 g/mol. The molecule has 0 unspecified atom stereocenters. The smallest absolute Gasteiger partial charge is 0.356 e. The molecule has 1 aromatic heterocycles. The molecule has 0 aliphatic rings. The van der Waals surface area contributed by atoms with Crippen molar-refractivity contribution < 1.29 is 22.8 Å². The normalized spacial score (nSPS) is 11.4. The van der Waals surface area contributed by atoms with Crippen molar-refractivity contribution in [2.45, 2.75) is 38.9 Å². The first-order valence-corrected chi connectivity index (χ1v) is 10.4. The molecule has 3 rings (SSSR count). The van der Waals surface area contributed by atoms with E-state index in [1.165, 1.54) is 12.1 Å². The summed E-state index contributed by atoms with van der Waals surface area (Å²) in [5, 5.41) is 4.97. The lowest BCUT2D eigenvalue weighted by Crippen LogP contribution is -2.32. The Morgan fingerprint density at radius 2 is 1.73 bits per heavy atom. The van der Waals surface area contributed by atoms with Crippen LogP contribution in [0.3, 0.4) is 0 Å². The number of aromatic nitrogens is 2. The molecule has 1 heterocycles. The van der Waals surface area contributed by atoms with Crippen molar-refractivity contribution in [3.63, 3.8) is 0 Å². The maximum Gasteiger partial charge on any atom is 0.418 e. The van der Waals surface area contributed by atoms with Gasteiger partial charge < -0.3 is 10.6 Å². The van der Waals surface area contributed by atoms with Gasteiger partial charge in [0.1, 0.15) is 12.2 Å². The molecule has 2 aromatic carbocycles. The highest BCUT2D eigenvalue weighted by Crippen LogP contribution is 2.34. The summed E-state index contributed by atoms with van der Waals surface area (Å²) in [4.78, 5) is 41.9. The van der Waals surface area contributed by atoms with Gasteiger partial charge in [0.05, 0.1) is 22.3 Å². The van der Waals surface area contributed by atoms with Crippen LogP contribution in [0.15, 0.2) is 53.3 Å². The summed E-state index contributed by atoms with van der Waals surface area (Å²) >= 11 is 0. The predicted octanol–water partition coefficient (Wildman–Crippen LogP) is 3.51. The molecule has 174 valence electrons. The third kappa shape index (κ3) is 5.97. The van der Waals surface area contributed by atoms with Gasteiger partial charge in [-0.3, -0.25) is 19.0 Å². The Morgan fingerprint density at radius 1 is 1.03 bits per heavy atom. The fraction of sp³-hybridized carbons (Fsp3) is 0.304. The molecule has 33 heavy (non-hydrogen) atoms. The zero-order chi connectivity index (χ0) is 24.0. The van der Waals surface area contributed by atoms with Crippen LogP contribution < -0.4 is 16.2 Å². The van der Waals surface area contributed by atoms with Crippen molar-refractivity contribution in [3.8, 4) is 0 Å². The minimum absolute atomic E-state index is 0.0474. The van der Waals surface area contributed by atoms with E-state index in [2.05, 4.69) is 15.6 Å². The lowest BCUT2D eigenvalue weighted by Gasteiger charge is -2.15. The van der Waals surface area contributed by atoms with Gasteiger partial charge in [0.2, 0.25) is 11.8 Å². The Balaban J connectivity index is 1.88. The van der Waals surface area contributed by atoms with Crippen LogP contribution in [0.2, 0.25) is 0 Å². The van der Waals surface area contributed by atoms with Gasteiger partial charge in [0, 0.05) is 19.4 Å². The molecule has 0 bridgehead atoms. The first-order valence-electron chi connectivity index (χ1n) is 10.4. The third-order valence-corrected chi connectivity index (χ3v) is 4.89. The molecular formula is C23H23F3N4O3. The van der Waals surface area contributed by atoms with Gasteiger partial charge in [-0.05, 0) is 30.7 Å². The summed E-state index contributed by atoms with van der Waals surface area (Å²) in [6.07, 6.45) is -3.75. The van der Waals surface area contributed by atoms with Crippen molar-refractivity contribution in [2.24, 2.45) is 0 Å². The second kappa shape index (κ2) is 10.3. The van der Waals surface area contributed by atoms with E-state index in [1.54, 1.807) is 24.3 Å². The molecule has 0 spiro atoms. The highest BCUT2D eigenvalue weighted by Gasteiger charge is 2.33. The van der Waals surface area contributed by atoms with Gasteiger partial charge in [-0.2, -0.15) is 13.2 Å². The summed E-state index contributed by atoms with van der Waals surface area (Å²) in [6, 6.07) is 11.2. The fourth-order valence-corrected chi connectivity index (χ4v) is 3.32. The maximum atomic E-state index is 13.2.